The van der Waals surface area contributed by atoms with Crippen LogP contribution in [-0.4, -0.2) is 36.1 Å². The predicted molar refractivity (Wildman–Crippen MR) is 144 cm³/mol. The van der Waals surface area contributed by atoms with Gasteiger partial charge in [0.1, 0.15) is 0 Å². The average molecular weight is 491 g/mol. The zero-order valence-electron chi connectivity index (χ0n) is 22.5. The van der Waals surface area contributed by atoms with Crippen LogP contribution in [0.1, 0.15) is 113 Å². The minimum absolute atomic E-state index is 0.0164. The first-order chi connectivity index (χ1) is 17.4. The molecule has 5 rings (SSSR count). The highest BCUT2D eigenvalue weighted by Gasteiger charge is 2.36. The van der Waals surface area contributed by atoms with Gasteiger partial charge in [-0.1, -0.05) is 58.4 Å². The number of benzene rings is 1. The van der Waals surface area contributed by atoms with E-state index in [2.05, 4.69) is 76.0 Å². The Bertz CT molecular complexity index is 1230. The molecule has 0 amide bonds. The van der Waals surface area contributed by atoms with Gasteiger partial charge in [-0.25, -0.2) is 4.68 Å². The summed E-state index contributed by atoms with van der Waals surface area (Å²) < 4.78 is 2.14. The Balaban J connectivity index is 1.56. The number of nitrogens with zero attached hydrogens (tertiary/aromatic N) is 5. The quantitative estimate of drug-likeness (QED) is 0.428. The van der Waals surface area contributed by atoms with Crippen LogP contribution in [0.5, 0.6) is 0 Å². The van der Waals surface area contributed by atoms with Crippen LogP contribution < -0.4 is 5.56 Å². The number of tetrazole rings is 1. The summed E-state index contributed by atoms with van der Waals surface area (Å²) in [7, 11) is 0. The highest BCUT2D eigenvalue weighted by atomic mass is 16.1. The number of hydrogen-bond acceptors (Lipinski definition) is 5. The molecule has 2 saturated carbocycles. The van der Waals surface area contributed by atoms with Crippen molar-refractivity contribution in [1.29, 1.82) is 0 Å². The Morgan fingerprint density at radius 1 is 1.00 bits per heavy atom. The lowest BCUT2D eigenvalue weighted by Gasteiger charge is -2.41. The summed E-state index contributed by atoms with van der Waals surface area (Å²) in [5.74, 6) is 1.30. The van der Waals surface area contributed by atoms with E-state index in [4.69, 9.17) is 0 Å². The van der Waals surface area contributed by atoms with E-state index in [0.29, 0.717) is 24.5 Å². The third-order valence-corrected chi connectivity index (χ3v) is 8.48. The number of fused-ring (bicyclic) bond motifs is 1. The van der Waals surface area contributed by atoms with Crippen molar-refractivity contribution < 1.29 is 0 Å². The first kappa shape index (κ1) is 25.1. The maximum absolute atomic E-state index is 13.3. The molecule has 1 atom stereocenters. The third-order valence-electron chi connectivity index (χ3n) is 8.48. The molecule has 7 heteroatoms. The molecule has 2 heterocycles. The van der Waals surface area contributed by atoms with Gasteiger partial charge in [-0.2, -0.15) is 0 Å². The maximum atomic E-state index is 13.3. The van der Waals surface area contributed by atoms with Crippen molar-refractivity contribution in [2.75, 3.05) is 0 Å². The van der Waals surface area contributed by atoms with Crippen molar-refractivity contribution in [3.05, 3.63) is 51.1 Å². The van der Waals surface area contributed by atoms with Gasteiger partial charge in [0, 0.05) is 29.1 Å². The monoisotopic (exact) mass is 490 g/mol. The molecule has 2 aliphatic carbocycles. The van der Waals surface area contributed by atoms with Gasteiger partial charge >= 0.3 is 0 Å². The smallest absolute Gasteiger partial charge is 0.252 e. The summed E-state index contributed by atoms with van der Waals surface area (Å²) in [4.78, 5) is 19.1. The van der Waals surface area contributed by atoms with Crippen LogP contribution in [0.2, 0.25) is 0 Å². The molecule has 2 aromatic heterocycles. The fraction of sp³-hybridized carbons (Fsp3) is 0.655. The Labute approximate surface area is 214 Å². The van der Waals surface area contributed by atoms with E-state index >= 15 is 0 Å². The summed E-state index contributed by atoms with van der Waals surface area (Å²) in [6.45, 7) is 9.37. The molecule has 0 bridgehead atoms. The van der Waals surface area contributed by atoms with Gasteiger partial charge in [0.15, 0.2) is 5.82 Å². The van der Waals surface area contributed by atoms with E-state index in [0.717, 1.165) is 48.0 Å². The fourth-order valence-corrected chi connectivity index (χ4v) is 6.71. The summed E-state index contributed by atoms with van der Waals surface area (Å²) in [5, 5.41) is 14.5. The molecule has 194 valence electrons. The van der Waals surface area contributed by atoms with Gasteiger partial charge in [-0.3, -0.25) is 9.69 Å². The van der Waals surface area contributed by atoms with Gasteiger partial charge in [-0.05, 0) is 79.1 Å². The molecule has 0 aliphatic heterocycles. The second kappa shape index (κ2) is 10.8. The van der Waals surface area contributed by atoms with E-state index < -0.39 is 0 Å². The van der Waals surface area contributed by atoms with Crippen molar-refractivity contribution in [2.24, 2.45) is 5.92 Å². The molecule has 36 heavy (non-hydrogen) atoms. The number of hydrogen-bond donors (Lipinski definition) is 1. The van der Waals surface area contributed by atoms with Crippen molar-refractivity contribution >= 4 is 10.9 Å². The number of H-pyrrole nitrogens is 1. The topological polar surface area (TPSA) is 79.7 Å². The molecule has 1 aromatic carbocycles. The van der Waals surface area contributed by atoms with Crippen LogP contribution in [0, 0.1) is 19.8 Å². The van der Waals surface area contributed by atoms with Crippen molar-refractivity contribution in [3.8, 4) is 0 Å². The summed E-state index contributed by atoms with van der Waals surface area (Å²) in [5.41, 5.74) is 4.15. The van der Waals surface area contributed by atoms with Crippen molar-refractivity contribution in [1.82, 2.24) is 30.1 Å². The largest absolute Gasteiger partial charge is 0.322 e. The lowest BCUT2D eigenvalue weighted by molar-refractivity contribution is 0.0590. The third kappa shape index (κ3) is 5.13. The fourth-order valence-electron chi connectivity index (χ4n) is 6.71. The minimum Gasteiger partial charge on any atom is -0.322 e. The summed E-state index contributed by atoms with van der Waals surface area (Å²) in [6, 6.07) is 7.27. The number of nitrogens with one attached hydrogen (secondary N) is 1. The van der Waals surface area contributed by atoms with E-state index in [1.165, 1.54) is 49.7 Å². The van der Waals surface area contributed by atoms with Gasteiger partial charge in [0.05, 0.1) is 12.1 Å². The highest BCUT2D eigenvalue weighted by Crippen LogP contribution is 2.37. The average Bonchev–Trinajstić information content (AvgIpc) is 3.34. The molecule has 2 fully saturated rings. The predicted octanol–water partition coefficient (Wildman–Crippen LogP) is 6.17. The molecule has 2 aliphatic rings. The van der Waals surface area contributed by atoms with Crippen LogP contribution in [0.4, 0.5) is 0 Å². The Kier molecular flexibility index (Phi) is 7.56. The maximum Gasteiger partial charge on any atom is 0.252 e. The van der Waals surface area contributed by atoms with E-state index in [1.807, 2.05) is 0 Å². The molecule has 0 radical (unpaired) electrons. The van der Waals surface area contributed by atoms with Crippen LogP contribution >= 0.6 is 0 Å². The van der Waals surface area contributed by atoms with Crippen LogP contribution in [-0.2, 0) is 6.54 Å². The van der Waals surface area contributed by atoms with E-state index in [1.54, 1.807) is 0 Å². The first-order valence-electron chi connectivity index (χ1n) is 14.1. The number of aromatic nitrogens is 5. The molecule has 1 N–H and O–H groups in total. The molecule has 0 saturated heterocycles. The van der Waals surface area contributed by atoms with E-state index in [-0.39, 0.29) is 11.6 Å². The number of pyridine rings is 1. The first-order valence-corrected chi connectivity index (χ1v) is 14.1. The molecule has 0 spiro atoms. The van der Waals surface area contributed by atoms with Gasteiger partial charge < -0.3 is 4.98 Å². The number of aryl methyl sites for hydroxylation is 2. The zero-order chi connectivity index (χ0) is 25.2. The highest BCUT2D eigenvalue weighted by molar-refractivity contribution is 5.83. The van der Waals surface area contributed by atoms with Crippen LogP contribution in [0.25, 0.3) is 10.9 Å². The second-order valence-corrected chi connectivity index (χ2v) is 11.6. The molecule has 3 aromatic rings. The number of rotatable bonds is 7. The van der Waals surface area contributed by atoms with E-state index in [9.17, 15) is 4.79 Å². The number of aromatic amines is 1. The van der Waals surface area contributed by atoms with Gasteiger partial charge in [0.25, 0.3) is 5.56 Å². The van der Waals surface area contributed by atoms with Crippen molar-refractivity contribution in [3.63, 3.8) is 0 Å². The lowest BCUT2D eigenvalue weighted by Crippen LogP contribution is -2.43. The van der Waals surface area contributed by atoms with Crippen LogP contribution in [0.3, 0.4) is 0 Å². The Morgan fingerprint density at radius 3 is 2.39 bits per heavy atom. The zero-order valence-corrected chi connectivity index (χ0v) is 22.5. The second-order valence-electron chi connectivity index (χ2n) is 11.6. The Morgan fingerprint density at radius 2 is 1.69 bits per heavy atom. The Hall–Kier alpha value is -2.54. The standard InChI is InChI=1S/C29H42N6O/c1-19(2)27(28-31-32-33-35(28)24-13-9-6-10-14-24)34(23-11-7-5-8-12-23)18-22-17-25-21(4)15-20(3)16-26(25)30-29(22)36/h15-17,19,23-24,27H,5-14,18H2,1-4H3,(H,30,36)/t27-/m0/s1. The van der Waals surface area contributed by atoms with Crippen LogP contribution in [0.15, 0.2) is 23.0 Å². The van der Waals surface area contributed by atoms with Crippen molar-refractivity contribution in [2.45, 2.75) is 117 Å². The summed E-state index contributed by atoms with van der Waals surface area (Å²) >= 11 is 0. The SMILES string of the molecule is Cc1cc(C)c2cc(CN(C3CCCCC3)[C@H](c3nnnn3C3CCCCC3)C(C)C)c(=O)[nH]c2c1. The molecular weight excluding hydrogens is 448 g/mol. The lowest BCUT2D eigenvalue weighted by atomic mass is 9.89. The normalized spacial score (nSPS) is 18.9. The summed E-state index contributed by atoms with van der Waals surface area (Å²) in [6.07, 6.45) is 12.2. The van der Waals surface area contributed by atoms with Gasteiger partial charge in [-0.15, -0.1) is 5.10 Å². The molecule has 7 nitrogen and oxygen atoms in total. The van der Waals surface area contributed by atoms with Gasteiger partial charge in [0.2, 0.25) is 0 Å². The molecule has 0 unspecified atom stereocenters. The molecular formula is C29H42N6O. The minimum atomic E-state index is 0.0164.